The molecule has 0 bridgehead atoms. The van der Waals surface area contributed by atoms with Crippen LogP contribution < -0.4 is 5.32 Å². The second kappa shape index (κ2) is 11.5. The van der Waals surface area contributed by atoms with Crippen LogP contribution in [0.25, 0.3) is 0 Å². The molecule has 9 heteroatoms. The molecule has 6 nitrogen and oxygen atoms in total. The van der Waals surface area contributed by atoms with Crippen molar-refractivity contribution in [2.24, 2.45) is 0 Å². The lowest BCUT2D eigenvalue weighted by molar-refractivity contribution is -0.119. The Hall–Kier alpha value is -0.700. The van der Waals surface area contributed by atoms with Gasteiger partial charge in [0.2, 0.25) is 10.0 Å². The number of unbranched alkanes of at least 4 members (excludes halogenated alkanes) is 2. The third-order valence-corrected chi connectivity index (χ3v) is 7.78. The van der Waals surface area contributed by atoms with Gasteiger partial charge in [0.15, 0.2) is 0 Å². The number of hydrogen-bond acceptors (Lipinski definition) is 5. The van der Waals surface area contributed by atoms with Crippen LogP contribution in [0.5, 0.6) is 0 Å². The summed E-state index contributed by atoms with van der Waals surface area (Å²) in [6.07, 6.45) is 3.65. The summed E-state index contributed by atoms with van der Waals surface area (Å²) < 4.78 is 26.4. The summed E-state index contributed by atoms with van der Waals surface area (Å²) in [4.78, 5) is 14.5. The molecule has 0 radical (unpaired) electrons. The molecule has 1 fully saturated rings. The van der Waals surface area contributed by atoms with Crippen LogP contribution in [0, 0.1) is 0 Å². The number of ketones is 1. The highest BCUT2D eigenvalue weighted by Gasteiger charge is 2.24. The zero-order chi connectivity index (χ0) is 20.6. The normalized spacial score (nSPS) is 15.9. The minimum absolute atomic E-state index is 0.00632. The zero-order valence-corrected chi connectivity index (χ0v) is 18.6. The lowest BCUT2D eigenvalue weighted by Crippen LogP contribution is -2.43. The van der Waals surface area contributed by atoms with Crippen molar-refractivity contribution in [3.63, 3.8) is 0 Å². The van der Waals surface area contributed by atoms with E-state index in [2.05, 4.69) is 10.2 Å². The van der Waals surface area contributed by atoms with E-state index in [0.29, 0.717) is 6.42 Å². The molecule has 28 heavy (non-hydrogen) atoms. The highest BCUT2D eigenvalue weighted by Crippen LogP contribution is 2.30. The molecule has 0 unspecified atom stereocenters. The Morgan fingerprint density at radius 2 is 1.86 bits per heavy atom. The van der Waals surface area contributed by atoms with Crippen molar-refractivity contribution in [1.82, 2.24) is 14.5 Å². The SMILES string of the molecule is CN(CCC(=O)CCCCCN1CCNCC1)S(=O)(=O)c1cccc(Cl)c1Cl. The van der Waals surface area contributed by atoms with Crippen LogP contribution in [0.3, 0.4) is 0 Å². The Bertz CT molecular complexity index is 753. The van der Waals surface area contributed by atoms with Crippen molar-refractivity contribution in [1.29, 1.82) is 0 Å². The van der Waals surface area contributed by atoms with Gasteiger partial charge in [-0.25, -0.2) is 12.7 Å². The molecular formula is C19H29Cl2N3O3S. The summed E-state index contributed by atoms with van der Waals surface area (Å²) >= 11 is 11.9. The molecule has 1 aromatic carbocycles. The van der Waals surface area contributed by atoms with E-state index in [1.54, 1.807) is 6.07 Å². The Labute approximate surface area is 178 Å². The minimum atomic E-state index is -3.78. The van der Waals surface area contributed by atoms with Crippen LogP contribution >= 0.6 is 23.2 Å². The second-order valence-corrected chi connectivity index (χ2v) is 9.87. The number of rotatable bonds is 11. The number of carbonyl (C=O) groups excluding carboxylic acids is 1. The summed E-state index contributed by atoms with van der Waals surface area (Å²) in [5.74, 6) is 0.0846. The molecule has 0 aliphatic carbocycles. The Morgan fingerprint density at radius 1 is 1.14 bits per heavy atom. The maximum Gasteiger partial charge on any atom is 0.244 e. The van der Waals surface area contributed by atoms with Gasteiger partial charge in [-0.1, -0.05) is 35.7 Å². The van der Waals surface area contributed by atoms with Crippen LogP contribution in [0.2, 0.25) is 10.0 Å². The topological polar surface area (TPSA) is 69.7 Å². The molecule has 1 aliphatic heterocycles. The van der Waals surface area contributed by atoms with Gasteiger partial charge < -0.3 is 10.2 Å². The number of halogens is 2. The van der Waals surface area contributed by atoms with Crippen LogP contribution in [0.1, 0.15) is 32.1 Å². The van der Waals surface area contributed by atoms with Gasteiger partial charge in [-0.05, 0) is 31.5 Å². The number of hydrogen-bond donors (Lipinski definition) is 1. The lowest BCUT2D eigenvalue weighted by atomic mass is 10.1. The van der Waals surface area contributed by atoms with Crippen LogP contribution in [0.4, 0.5) is 0 Å². The van der Waals surface area contributed by atoms with Crippen molar-refractivity contribution >= 4 is 39.0 Å². The third-order valence-electron chi connectivity index (χ3n) is 4.95. The molecule has 158 valence electrons. The van der Waals surface area contributed by atoms with Gasteiger partial charge in [0.1, 0.15) is 10.7 Å². The summed E-state index contributed by atoms with van der Waals surface area (Å²) in [5.41, 5.74) is 0. The average molecular weight is 450 g/mol. The van der Waals surface area contributed by atoms with Gasteiger partial charge in [-0.15, -0.1) is 0 Å². The largest absolute Gasteiger partial charge is 0.314 e. The van der Waals surface area contributed by atoms with Gasteiger partial charge >= 0.3 is 0 Å². The fourth-order valence-electron chi connectivity index (χ4n) is 3.15. The first-order valence-corrected chi connectivity index (χ1v) is 11.9. The van der Waals surface area contributed by atoms with Gasteiger partial charge in [0.25, 0.3) is 0 Å². The standard InChI is InChI=1S/C19H29Cl2N3O3S/c1-23(28(26,27)18-8-5-7-17(20)19(18)21)13-9-16(25)6-3-2-4-12-24-14-10-22-11-15-24/h5,7-8,22H,2-4,6,9-15H2,1H3. The van der Waals surface area contributed by atoms with E-state index >= 15 is 0 Å². The first kappa shape index (κ1) is 23.6. The smallest absolute Gasteiger partial charge is 0.244 e. The summed E-state index contributed by atoms with van der Waals surface area (Å²) in [5, 5.41) is 3.53. The molecule has 1 N–H and O–H groups in total. The summed E-state index contributed by atoms with van der Waals surface area (Å²) in [6.45, 7) is 5.50. The first-order chi connectivity index (χ1) is 13.3. The molecule has 0 spiro atoms. The second-order valence-electron chi connectivity index (χ2n) is 7.07. The van der Waals surface area contributed by atoms with Crippen molar-refractivity contribution in [2.75, 3.05) is 46.3 Å². The van der Waals surface area contributed by atoms with Crippen molar-refractivity contribution < 1.29 is 13.2 Å². The Balaban J connectivity index is 1.69. The molecule has 1 aromatic rings. The number of piperazine rings is 1. The Kier molecular flexibility index (Phi) is 9.66. The number of nitrogens with one attached hydrogen (secondary N) is 1. The average Bonchev–Trinajstić information content (AvgIpc) is 2.68. The van der Waals surface area contributed by atoms with Gasteiger partial charge in [0.05, 0.1) is 10.0 Å². The first-order valence-electron chi connectivity index (χ1n) is 9.67. The fourth-order valence-corrected chi connectivity index (χ4v) is 5.05. The Morgan fingerprint density at radius 3 is 2.57 bits per heavy atom. The number of benzene rings is 1. The number of nitrogens with zero attached hydrogens (tertiary/aromatic N) is 2. The predicted octanol–water partition coefficient (Wildman–Crippen LogP) is 3.04. The van der Waals surface area contributed by atoms with E-state index < -0.39 is 10.0 Å². The van der Waals surface area contributed by atoms with Gasteiger partial charge in [-0.3, -0.25) is 4.79 Å². The van der Waals surface area contributed by atoms with E-state index in [1.807, 2.05) is 0 Å². The summed E-state index contributed by atoms with van der Waals surface area (Å²) in [7, 11) is -2.32. The van der Waals surface area contributed by atoms with E-state index in [4.69, 9.17) is 23.2 Å². The maximum absolute atomic E-state index is 12.6. The minimum Gasteiger partial charge on any atom is -0.314 e. The third kappa shape index (κ3) is 6.97. The molecule has 1 aliphatic rings. The molecule has 1 heterocycles. The molecule has 0 saturated carbocycles. The predicted molar refractivity (Wildman–Crippen MR) is 114 cm³/mol. The van der Waals surface area contributed by atoms with Crippen molar-refractivity contribution in [3.05, 3.63) is 28.2 Å². The summed E-state index contributed by atoms with van der Waals surface area (Å²) in [6, 6.07) is 4.50. The molecule has 0 aromatic heterocycles. The molecule has 0 atom stereocenters. The maximum atomic E-state index is 12.6. The van der Waals surface area contributed by atoms with E-state index in [-0.39, 0.29) is 33.7 Å². The van der Waals surface area contributed by atoms with Crippen molar-refractivity contribution in [2.45, 2.75) is 37.0 Å². The van der Waals surface area contributed by atoms with Crippen LogP contribution in [0.15, 0.2) is 23.1 Å². The number of sulfonamides is 1. The molecule has 1 saturated heterocycles. The van der Waals surface area contributed by atoms with E-state index in [9.17, 15) is 13.2 Å². The van der Waals surface area contributed by atoms with E-state index in [0.717, 1.165) is 56.3 Å². The van der Waals surface area contributed by atoms with Crippen LogP contribution in [-0.4, -0.2) is 69.7 Å². The van der Waals surface area contributed by atoms with Gasteiger partial charge in [-0.2, -0.15) is 0 Å². The van der Waals surface area contributed by atoms with Crippen LogP contribution in [-0.2, 0) is 14.8 Å². The number of carbonyl (C=O) groups is 1. The highest BCUT2D eigenvalue weighted by atomic mass is 35.5. The van der Waals surface area contributed by atoms with E-state index in [1.165, 1.54) is 19.2 Å². The lowest BCUT2D eigenvalue weighted by Gasteiger charge is -2.26. The quantitative estimate of drug-likeness (QED) is 0.525. The highest BCUT2D eigenvalue weighted by molar-refractivity contribution is 7.89. The fraction of sp³-hybridized carbons (Fsp3) is 0.632. The number of Topliss-reactive ketones (excluding diaryl/α,β-unsaturated/α-hetero) is 1. The molecule has 0 amide bonds. The molecule has 2 rings (SSSR count). The van der Waals surface area contributed by atoms with Crippen molar-refractivity contribution in [3.8, 4) is 0 Å². The monoisotopic (exact) mass is 449 g/mol. The molecular weight excluding hydrogens is 421 g/mol. The zero-order valence-electron chi connectivity index (χ0n) is 16.3. The van der Waals surface area contributed by atoms with Gasteiger partial charge in [0, 0.05) is 52.6 Å².